The second-order valence-corrected chi connectivity index (χ2v) is 22.3. The van der Waals surface area contributed by atoms with Crippen LogP contribution in [-0.4, -0.2) is 199 Å². The molecular weight excluding hydrogens is 1170 g/mol. The molecule has 88 heavy (non-hydrogen) atoms. The number of nitrogens with one attached hydrogen (secondary N) is 5. The van der Waals surface area contributed by atoms with E-state index in [1.807, 2.05) is 0 Å². The van der Waals surface area contributed by atoms with E-state index >= 15 is 0 Å². The number of carbonyl (C=O) groups is 5. The van der Waals surface area contributed by atoms with Gasteiger partial charge < -0.3 is 95.3 Å². The molecule has 482 valence electrons. The van der Waals surface area contributed by atoms with E-state index in [1.54, 1.807) is 26.8 Å². The Morgan fingerprint density at radius 1 is 0.750 bits per heavy atom. The Morgan fingerprint density at radius 3 is 1.74 bits per heavy atom. The number of alkyl carbamates (subject to hydrolysis) is 3. The van der Waals surface area contributed by atoms with E-state index in [2.05, 4.69) is 26.6 Å². The van der Waals surface area contributed by atoms with Crippen molar-refractivity contribution in [2.24, 2.45) is 5.92 Å². The minimum absolute atomic E-state index is 0.0912. The Bertz CT molecular complexity index is 2930. The van der Waals surface area contributed by atoms with Crippen LogP contribution in [0.3, 0.4) is 0 Å². The number of ether oxygens (including phenoxy) is 7. The third kappa shape index (κ3) is 19.5. The maximum absolute atomic E-state index is 14.2. The van der Waals surface area contributed by atoms with E-state index < -0.39 is 162 Å². The van der Waals surface area contributed by atoms with Crippen molar-refractivity contribution in [1.82, 2.24) is 31.5 Å². The van der Waals surface area contributed by atoms with Gasteiger partial charge in [-0.15, -0.1) is 0 Å². The molecule has 0 radical (unpaired) electrons. The molecule has 13 atom stereocenters. The lowest BCUT2D eigenvalue weighted by Gasteiger charge is -2.52. The molecule has 2 fully saturated rings. The number of carbonyl (C=O) groups excluding carboxylic acids is 5. The van der Waals surface area contributed by atoms with Crippen LogP contribution in [0.15, 0.2) is 84.6 Å². The van der Waals surface area contributed by atoms with Gasteiger partial charge in [-0.3, -0.25) is 35.1 Å². The third-order valence-electron chi connectivity index (χ3n) is 14.3. The smallest absolute Gasteiger partial charge is 0.410 e. The maximum Gasteiger partial charge on any atom is 0.410 e. The molecular formula is C55H73N9O24. The Balaban J connectivity index is 1.34. The van der Waals surface area contributed by atoms with Crippen molar-refractivity contribution < 1.29 is 103 Å². The molecule has 0 spiro atoms. The van der Waals surface area contributed by atoms with Gasteiger partial charge in [0.15, 0.2) is 6.29 Å². The van der Waals surface area contributed by atoms with Gasteiger partial charge in [0, 0.05) is 68.5 Å². The van der Waals surface area contributed by atoms with E-state index in [1.165, 1.54) is 86.8 Å². The fraction of sp³-hybridized carbons (Fsp3) is 0.545. The van der Waals surface area contributed by atoms with Crippen LogP contribution in [0.1, 0.15) is 63.6 Å². The minimum Gasteiger partial charge on any atom is -0.491 e. The summed E-state index contributed by atoms with van der Waals surface area (Å²) < 4.78 is 40.7. The SMILES string of the molecule is CN(C(=O)OC(C)(C)C)[C@@H]1[C@@H](O)[C@@H](O[C@H]2[C@H](NC(=O)[C@@H](O)CCNC(=O)OCc3ccc([N+](=O)[O-])cc3)C[C@H](NC(=O)OCc3ccc([N+](=O)[O-])cc3)C([C@H]3OC(CNCC(O)CO)=CC[C@H]3NC(=O)OCc3ccc([N+](=O)[O-])cc3)[C@@H]2O)OC[C@]1(C)O. The van der Waals surface area contributed by atoms with Gasteiger partial charge in [-0.1, -0.05) is 0 Å². The Kier molecular flexibility index (Phi) is 24.2. The zero-order valence-electron chi connectivity index (χ0n) is 48.5. The van der Waals surface area contributed by atoms with Crippen LogP contribution in [0.4, 0.5) is 36.2 Å². The minimum atomic E-state index is -2.03. The molecule has 2 aliphatic heterocycles. The summed E-state index contributed by atoms with van der Waals surface area (Å²) in [6, 6.07) is 9.65. The number of nitrogens with zero attached hydrogens (tertiary/aromatic N) is 4. The quantitative estimate of drug-likeness (QED) is 0.0326. The van der Waals surface area contributed by atoms with Gasteiger partial charge in [-0.05, 0) is 106 Å². The first-order valence-corrected chi connectivity index (χ1v) is 27.7. The molecule has 3 aliphatic rings. The van der Waals surface area contributed by atoms with Crippen LogP contribution in [-0.2, 0) is 57.8 Å². The second kappa shape index (κ2) is 31.0. The number of nitro benzene ring substituents is 3. The largest absolute Gasteiger partial charge is 0.491 e. The molecule has 5 amide bonds. The van der Waals surface area contributed by atoms with Crippen molar-refractivity contribution in [2.45, 2.75) is 145 Å². The number of non-ortho nitro benzene ring substituents is 3. The van der Waals surface area contributed by atoms with Crippen molar-refractivity contribution in [1.29, 1.82) is 0 Å². The van der Waals surface area contributed by atoms with Crippen molar-refractivity contribution in [3.05, 3.63) is 132 Å². The van der Waals surface area contributed by atoms with Crippen molar-refractivity contribution in [3.8, 4) is 0 Å². The molecule has 1 saturated carbocycles. The lowest BCUT2D eigenvalue weighted by molar-refractivity contribution is -0.385. The molecule has 3 aromatic carbocycles. The molecule has 0 bridgehead atoms. The topological polar surface area (TPSA) is 464 Å². The molecule has 1 saturated heterocycles. The number of rotatable bonds is 25. The number of benzene rings is 3. The average molecular weight is 1240 g/mol. The fourth-order valence-corrected chi connectivity index (χ4v) is 9.95. The fourth-order valence-electron chi connectivity index (χ4n) is 9.95. The third-order valence-corrected chi connectivity index (χ3v) is 14.3. The zero-order chi connectivity index (χ0) is 64.6. The van der Waals surface area contributed by atoms with Gasteiger partial charge in [0.05, 0.1) is 64.9 Å². The van der Waals surface area contributed by atoms with Gasteiger partial charge in [0.25, 0.3) is 17.1 Å². The molecule has 11 N–H and O–H groups in total. The Hall–Kier alpha value is -8.41. The van der Waals surface area contributed by atoms with Gasteiger partial charge in [0.2, 0.25) is 5.91 Å². The molecule has 1 aliphatic carbocycles. The molecule has 3 aromatic rings. The number of likely N-dealkylation sites (N-methyl/N-ethyl adjacent to an activating group) is 1. The van der Waals surface area contributed by atoms with Crippen LogP contribution >= 0.6 is 0 Å². The van der Waals surface area contributed by atoms with Gasteiger partial charge >= 0.3 is 24.4 Å². The lowest BCUT2D eigenvalue weighted by Crippen LogP contribution is -2.71. The highest BCUT2D eigenvalue weighted by Crippen LogP contribution is 2.39. The predicted octanol–water partition coefficient (Wildman–Crippen LogP) is 1.55. The summed E-state index contributed by atoms with van der Waals surface area (Å²) in [7, 11) is 1.24. The van der Waals surface area contributed by atoms with Gasteiger partial charge in [-0.2, -0.15) is 0 Å². The van der Waals surface area contributed by atoms with Crippen LogP contribution in [0.25, 0.3) is 0 Å². The number of hydrogen-bond donors (Lipinski definition) is 11. The number of hydrogen-bond acceptors (Lipinski definition) is 25. The summed E-state index contributed by atoms with van der Waals surface area (Å²) in [6.07, 6.45) is -15.9. The summed E-state index contributed by atoms with van der Waals surface area (Å²) in [5, 5.41) is 115. The molecule has 2 heterocycles. The van der Waals surface area contributed by atoms with Crippen molar-refractivity contribution >= 4 is 47.3 Å². The molecule has 33 nitrogen and oxygen atoms in total. The Labute approximate surface area is 502 Å². The molecule has 2 unspecified atom stereocenters. The van der Waals surface area contributed by atoms with Crippen LogP contribution < -0.4 is 26.6 Å². The van der Waals surface area contributed by atoms with E-state index in [-0.39, 0.29) is 62.1 Å². The zero-order valence-corrected chi connectivity index (χ0v) is 48.5. The van der Waals surface area contributed by atoms with E-state index in [4.69, 9.17) is 33.2 Å². The summed E-state index contributed by atoms with van der Waals surface area (Å²) in [5.74, 6) is -2.49. The summed E-state index contributed by atoms with van der Waals surface area (Å²) in [5.41, 5.74) is -2.62. The molecule has 33 heteroatoms. The maximum atomic E-state index is 14.2. The predicted molar refractivity (Wildman–Crippen MR) is 301 cm³/mol. The van der Waals surface area contributed by atoms with Crippen molar-refractivity contribution in [2.75, 3.05) is 39.9 Å². The van der Waals surface area contributed by atoms with Gasteiger partial charge in [0.1, 0.15) is 61.2 Å². The monoisotopic (exact) mass is 1240 g/mol. The normalized spacial score (nSPS) is 25.0. The highest BCUT2D eigenvalue weighted by atomic mass is 16.7. The van der Waals surface area contributed by atoms with Crippen LogP contribution in [0.2, 0.25) is 0 Å². The first-order chi connectivity index (χ1) is 41.5. The van der Waals surface area contributed by atoms with E-state index in [0.29, 0.717) is 16.7 Å². The van der Waals surface area contributed by atoms with Crippen LogP contribution in [0.5, 0.6) is 0 Å². The summed E-state index contributed by atoms with van der Waals surface area (Å²) in [4.78, 5) is 101. The van der Waals surface area contributed by atoms with Gasteiger partial charge in [-0.25, -0.2) is 19.2 Å². The van der Waals surface area contributed by atoms with E-state index in [9.17, 15) is 85.0 Å². The number of aliphatic hydroxyl groups excluding tert-OH is 5. The second-order valence-electron chi connectivity index (χ2n) is 22.3. The number of aliphatic hydroxyl groups is 6. The lowest BCUT2D eigenvalue weighted by atomic mass is 9.72. The standard InChI is InChI=1S/C55H73N9O24/c1-54(2,3)88-53(74)61(5)47-44(69)49(85-29-55(47,4)75)87-46-40(58-48(70)41(67)20-21-57-50(71)82-26-30-6-12-33(13-7-30)62(76)77)22-39(60-52(73)84-28-32-10-16-35(17-11-32)64(80)81)42(43(46)68)45-38(19-18-37(86-45)24-56-23-36(66)25-65)59-51(72)83-27-31-8-14-34(15-9-31)63(78)79/h6-18,36,38-47,49,56,65-69,75H,19-29H2,1-5H3,(H,57,71)(H,58,70)(H,59,72)(H,60,73)/t36?,38-,39+,40-,41+,42?,43+,44-,45+,46+,47-,49-,55+/m1/s1. The highest BCUT2D eigenvalue weighted by molar-refractivity contribution is 5.81. The first kappa shape index (κ1) is 68.7. The molecule has 0 aromatic heterocycles. The average Bonchev–Trinajstić information content (AvgIpc) is 1.02. The highest BCUT2D eigenvalue weighted by Gasteiger charge is 2.56. The number of nitro groups is 3. The van der Waals surface area contributed by atoms with Crippen molar-refractivity contribution in [3.63, 3.8) is 0 Å². The summed E-state index contributed by atoms with van der Waals surface area (Å²) in [6.45, 7) is 3.06. The number of amides is 5. The van der Waals surface area contributed by atoms with E-state index in [0.717, 1.165) is 4.90 Å². The molecule has 6 rings (SSSR count). The van der Waals surface area contributed by atoms with Crippen LogP contribution in [0, 0.1) is 36.3 Å². The first-order valence-electron chi connectivity index (χ1n) is 27.7. The Morgan fingerprint density at radius 2 is 1.25 bits per heavy atom. The summed E-state index contributed by atoms with van der Waals surface area (Å²) >= 11 is 0.